The van der Waals surface area contributed by atoms with Crippen molar-refractivity contribution >= 4 is 116 Å². The van der Waals surface area contributed by atoms with Gasteiger partial charge in [-0.05, 0) is 293 Å². The van der Waals surface area contributed by atoms with Crippen molar-refractivity contribution in [2.45, 2.75) is 333 Å². The lowest BCUT2D eigenvalue weighted by Gasteiger charge is -2.26. The molecule has 0 radical (unpaired) electrons. The normalized spacial score (nSPS) is 15.0. The molecule has 10 heteroatoms. The quantitative estimate of drug-likeness (QED) is 0.107. The summed E-state index contributed by atoms with van der Waals surface area (Å²) in [5.74, 6) is 0. The predicted molar refractivity (Wildman–Crippen MR) is 636 cm³/mol. The molecule has 16 bridgehead atoms. The molecule has 6 aliphatic rings. The minimum Gasteiger partial charge on any atom is -0.354 e. The maximum atomic E-state index is 20.3. The van der Waals surface area contributed by atoms with Crippen LogP contribution in [0.3, 0.4) is 0 Å². The molecule has 7 aromatic carbocycles. The molecule has 147 heavy (non-hydrogen) atoms. The lowest BCUT2D eigenvalue weighted by molar-refractivity contribution is 0.568. The lowest BCUT2D eigenvalue weighted by atomic mass is 9.78. The van der Waals surface area contributed by atoms with Crippen molar-refractivity contribution in [1.29, 1.82) is 0 Å². The van der Waals surface area contributed by atoms with Gasteiger partial charge in [-0.2, -0.15) is 0 Å². The molecular weight excluding hydrogens is 1800 g/mol. The van der Waals surface area contributed by atoms with Gasteiger partial charge in [0.1, 0.15) is 0 Å². The van der Waals surface area contributed by atoms with Crippen molar-refractivity contribution in [3.8, 4) is 66.8 Å². The molecule has 1 aliphatic carbocycles. The first-order chi connectivity index (χ1) is 68.2. The van der Waals surface area contributed by atoms with Crippen molar-refractivity contribution in [3.05, 3.63) is 323 Å². The number of H-pyrrole nitrogens is 4. The highest BCUT2D eigenvalue weighted by Gasteiger charge is 2.50. The highest BCUT2D eigenvalue weighted by Crippen LogP contribution is 2.77. The van der Waals surface area contributed by atoms with Gasteiger partial charge in [-0.15, -0.1) is 0 Å². The van der Waals surface area contributed by atoms with Gasteiger partial charge >= 0.3 is 0 Å². The van der Waals surface area contributed by atoms with Crippen LogP contribution in [0.5, 0.6) is 0 Å². The fourth-order valence-corrected chi connectivity index (χ4v) is 25.5. The molecule has 0 saturated heterocycles. The van der Waals surface area contributed by atoms with Crippen LogP contribution >= 0.6 is 7.14 Å². The van der Waals surface area contributed by atoms with Crippen molar-refractivity contribution in [2.75, 3.05) is 0 Å². The van der Waals surface area contributed by atoms with E-state index in [0.717, 1.165) is 184 Å². The number of aromatic amines is 4. The van der Waals surface area contributed by atoms with E-state index in [1.807, 2.05) is 0 Å². The molecule has 0 atom stereocenters. The third kappa shape index (κ3) is 19.5. The number of nitrogens with zero attached hydrogens (tertiary/aromatic N) is 4. The molecule has 756 valence electrons. The number of allylic oxidation sites excluding steroid dienone is 2. The summed E-state index contributed by atoms with van der Waals surface area (Å²) in [6.07, 6.45) is 20.1. The second-order valence-corrected chi connectivity index (χ2v) is 57.9. The number of nitrogens with one attached hydrogen (secondary N) is 4. The van der Waals surface area contributed by atoms with Gasteiger partial charge in [0.05, 0.1) is 45.6 Å². The van der Waals surface area contributed by atoms with E-state index in [9.17, 15) is 0 Å². The summed E-state index contributed by atoms with van der Waals surface area (Å²) in [4.78, 5) is 42.0. The van der Waals surface area contributed by atoms with E-state index in [1.165, 1.54) is 66.8 Å². The van der Waals surface area contributed by atoms with Crippen LogP contribution in [0.4, 0.5) is 0 Å². The topological polar surface area (TPSA) is 132 Å². The Balaban J connectivity index is 0.996. The highest BCUT2D eigenvalue weighted by atomic mass is 31.2. The van der Waals surface area contributed by atoms with E-state index in [4.69, 9.17) is 19.9 Å². The van der Waals surface area contributed by atoms with Crippen LogP contribution in [-0.4, -0.2) is 39.9 Å². The maximum absolute atomic E-state index is 20.3. The van der Waals surface area contributed by atoms with Crippen LogP contribution in [0, 0.1) is 0 Å². The summed E-state index contributed by atoms with van der Waals surface area (Å²) in [6, 6.07) is 72.2. The number of hydrogen-bond donors (Lipinski definition) is 4. The van der Waals surface area contributed by atoms with Gasteiger partial charge in [-0.1, -0.05) is 389 Å². The van der Waals surface area contributed by atoms with Gasteiger partial charge in [0.2, 0.25) is 0 Å². The molecule has 19 rings (SSSR count). The Kier molecular flexibility index (Phi) is 24.9. The molecule has 1 fully saturated rings. The second-order valence-electron chi connectivity index (χ2n) is 55.3. The number of fused-ring (bicyclic) bond motifs is 17. The first-order valence-corrected chi connectivity index (χ1v) is 55.4. The van der Waals surface area contributed by atoms with E-state index in [1.54, 1.807) is 0 Å². The Morgan fingerprint density at radius 1 is 0.197 bits per heavy atom. The summed E-state index contributed by atoms with van der Waals surface area (Å²) in [5, 5.41) is 2.27. The summed E-state index contributed by atoms with van der Waals surface area (Å²) < 4.78 is 20.3. The lowest BCUT2D eigenvalue weighted by Crippen LogP contribution is -2.16. The maximum Gasteiger partial charge on any atom is 0.173 e. The van der Waals surface area contributed by atoms with Gasteiger partial charge in [-0.3, -0.25) is 0 Å². The van der Waals surface area contributed by atoms with Crippen molar-refractivity contribution in [3.63, 3.8) is 0 Å². The van der Waals surface area contributed by atoms with Crippen molar-refractivity contribution in [1.82, 2.24) is 39.9 Å². The molecular formula is C137H157N8OP. The zero-order valence-electron chi connectivity index (χ0n) is 94.8. The van der Waals surface area contributed by atoms with Crippen LogP contribution in [-0.2, 0) is 69.5 Å². The van der Waals surface area contributed by atoms with Crippen LogP contribution in [0.1, 0.15) is 392 Å². The third-order valence-electron chi connectivity index (χ3n) is 31.2. The van der Waals surface area contributed by atoms with Crippen LogP contribution in [0.25, 0.3) is 170 Å². The zero-order valence-corrected chi connectivity index (χ0v) is 95.7. The summed E-state index contributed by atoms with van der Waals surface area (Å²) in [5.41, 5.74) is 41.3. The minimum absolute atomic E-state index is 0.189. The molecule has 5 aliphatic heterocycles. The van der Waals surface area contributed by atoms with E-state index in [2.05, 4.69) is 506 Å². The average Bonchev–Trinajstić information content (AvgIpc) is 1.53. The molecule has 0 spiro atoms. The molecule has 0 amide bonds. The Hall–Kier alpha value is -12.6. The Morgan fingerprint density at radius 3 is 0.503 bits per heavy atom. The molecule has 6 aromatic heterocycles. The SMILES string of the molecule is CC(C)(C)c1cc(-c2c3nc(c(-c4cc(C(C)(C)C)cc(C(C)(C)C)c4)c4ccc([nH]4)c(-c4cc(C(C)(C)C)cc(C(C)(C)C)c4)c4nc(c(C5=C6CCCC6=C(c6c7nc(c(-c8cc(C(C)(C)C)cc(C(C)(C)C)c8)c8ccc([nH]8)c(-c8cc(C(C)(C)C)cc(C(C)(C)C)c8)c8nc(c(-c9cc(C(C)(C)C)cc(C(C)(C)C)c9)c9ccc6[nH]9)C=C8)C=C7)P5(=O)c5ccccc5)c5ccc2[nH]5)C=C4)C=C3)cc(C(C)(C)C)c1. The number of benzene rings is 7. The van der Waals surface area contributed by atoms with Gasteiger partial charge in [0.15, 0.2) is 7.14 Å². The Labute approximate surface area is 877 Å². The third-order valence-corrected chi connectivity index (χ3v) is 34.5. The van der Waals surface area contributed by atoms with Crippen LogP contribution in [0.15, 0.2) is 199 Å². The number of hydrogen-bond acceptors (Lipinski definition) is 5. The fraction of sp³-hybridized carbons (Fsp3) is 0.372. The summed E-state index contributed by atoms with van der Waals surface area (Å²) >= 11 is 0. The van der Waals surface area contributed by atoms with Crippen molar-refractivity contribution < 1.29 is 4.57 Å². The van der Waals surface area contributed by atoms with E-state index in [-0.39, 0.29) is 65.0 Å². The smallest absolute Gasteiger partial charge is 0.173 e. The van der Waals surface area contributed by atoms with Gasteiger partial charge in [0.25, 0.3) is 0 Å². The fourth-order valence-electron chi connectivity index (χ4n) is 21.8. The minimum atomic E-state index is -4.31. The van der Waals surface area contributed by atoms with Gasteiger partial charge < -0.3 is 24.5 Å². The molecule has 9 nitrogen and oxygen atoms in total. The van der Waals surface area contributed by atoms with Crippen molar-refractivity contribution in [2.24, 2.45) is 0 Å². The van der Waals surface area contributed by atoms with E-state index in [0.29, 0.717) is 29.5 Å². The van der Waals surface area contributed by atoms with E-state index >= 15 is 4.57 Å². The summed E-state index contributed by atoms with van der Waals surface area (Å²) in [6.45, 7) is 83.8. The predicted octanol–water partition coefficient (Wildman–Crippen LogP) is 38.2. The molecule has 0 unspecified atom stereocenters. The van der Waals surface area contributed by atoms with Crippen LogP contribution < -0.4 is 5.30 Å². The first kappa shape index (κ1) is 103. The zero-order chi connectivity index (χ0) is 106. The van der Waals surface area contributed by atoms with Crippen LogP contribution in [0.2, 0.25) is 0 Å². The van der Waals surface area contributed by atoms with E-state index < -0.39 is 7.14 Å². The Bertz CT molecular complexity index is 7470. The molecule has 4 N–H and O–H groups in total. The first-order valence-electron chi connectivity index (χ1n) is 53.7. The number of rotatable bonds is 9. The summed E-state index contributed by atoms with van der Waals surface area (Å²) in [7, 11) is -4.31. The largest absolute Gasteiger partial charge is 0.354 e. The van der Waals surface area contributed by atoms with Gasteiger partial charge in [0, 0.05) is 105 Å². The number of aromatic nitrogens is 8. The monoisotopic (exact) mass is 1960 g/mol. The molecule has 13 aromatic rings. The second kappa shape index (κ2) is 35.6. The highest BCUT2D eigenvalue weighted by molar-refractivity contribution is 7.90. The Morgan fingerprint density at radius 2 is 0.347 bits per heavy atom. The van der Waals surface area contributed by atoms with Gasteiger partial charge in [-0.25, -0.2) is 19.9 Å². The molecule has 1 saturated carbocycles. The standard InChI is InChI=1S/C137H157N8OP/c1-126(2,3)85-61-79(62-86(73-85)127(4,5)6)116-100-45-49-104(138-100)118(81-65-89(130(13,14)15)75-90(66-81)131(16,17)18)108-53-57-112(142-108)122(113-58-54-109(143-113)119(105-50-46-101(116)139-105)82-67-91(132(19,20)21)76-92(68-82)133(22,23)24)124-98-43-40-44-99(98)125(147(124,146)97-41-38-37-39-42-97)123-114-59-55-110(144-114)120(83-69-93(134(25,26)27)77-94(70-83)135(28,29)30)106-51-47-102(140-106)117(80-63-87(128(7,8)9)74-88(64-80)129(10,11)12)103-48-52-107(141-103)121(111-56-60-115(123)145-111)84-71-95(136(31,32)33)78-96(72-84)137(34,35)36/h37-39,41-42,45-78,138,140,143,145H,40,43-44H2,1-36H3. The average molecular weight is 1960 g/mol. The molecule has 11 heterocycles.